The van der Waals surface area contributed by atoms with Crippen LogP contribution in [0.3, 0.4) is 0 Å². The molecule has 6 heteroatoms. The molecule has 1 atom stereocenters. The van der Waals surface area contributed by atoms with Gasteiger partial charge >= 0.3 is 0 Å². The zero-order valence-electron chi connectivity index (χ0n) is 16.0. The predicted octanol–water partition coefficient (Wildman–Crippen LogP) is 4.49. The second-order valence-corrected chi connectivity index (χ2v) is 7.39. The van der Waals surface area contributed by atoms with Crippen LogP contribution in [0.15, 0.2) is 60.7 Å². The zero-order chi connectivity index (χ0) is 20.4. The number of para-hydroxylation sites is 1. The first kappa shape index (κ1) is 19.3. The van der Waals surface area contributed by atoms with E-state index in [1.807, 2.05) is 48.5 Å². The van der Waals surface area contributed by atoms with Crippen LogP contribution < -0.4 is 15.0 Å². The average Bonchev–Trinajstić information content (AvgIpc) is 2.97. The Bertz CT molecular complexity index is 1080. The van der Waals surface area contributed by atoms with Crippen molar-refractivity contribution >= 4 is 39.9 Å². The molecule has 0 aliphatic carbocycles. The number of anilines is 1. The number of nitrogens with zero attached hydrogens (tertiary/aromatic N) is 1. The fraction of sp³-hybridized carbons (Fsp3) is 0.217. The molecule has 1 aliphatic heterocycles. The number of amides is 2. The Morgan fingerprint density at radius 2 is 1.86 bits per heavy atom. The van der Waals surface area contributed by atoms with E-state index < -0.39 is 6.04 Å². The maximum Gasteiger partial charge on any atom is 0.254 e. The summed E-state index contributed by atoms with van der Waals surface area (Å²) in [6.45, 7) is 2.32. The molecule has 3 aromatic rings. The summed E-state index contributed by atoms with van der Waals surface area (Å²) in [6, 6.07) is 18.7. The van der Waals surface area contributed by atoms with Crippen LogP contribution in [-0.4, -0.2) is 25.0 Å². The molecule has 0 aromatic heterocycles. The lowest BCUT2D eigenvalue weighted by Crippen LogP contribution is -2.37. The lowest BCUT2D eigenvalue weighted by Gasteiger charge is -2.19. The van der Waals surface area contributed by atoms with Crippen molar-refractivity contribution < 1.29 is 14.3 Å². The third-order valence-corrected chi connectivity index (χ3v) is 5.30. The van der Waals surface area contributed by atoms with E-state index in [4.69, 9.17) is 16.3 Å². The number of ether oxygens (including phenoxy) is 1. The summed E-state index contributed by atoms with van der Waals surface area (Å²) in [6.07, 6.45) is 0.631. The van der Waals surface area contributed by atoms with Gasteiger partial charge in [0.15, 0.2) is 0 Å². The van der Waals surface area contributed by atoms with E-state index in [2.05, 4.69) is 5.32 Å². The number of carbonyl (C=O) groups is 2. The van der Waals surface area contributed by atoms with Crippen LogP contribution in [0.4, 0.5) is 5.69 Å². The number of benzene rings is 3. The monoisotopic (exact) mass is 408 g/mol. The fourth-order valence-corrected chi connectivity index (χ4v) is 4.02. The fourth-order valence-electron chi connectivity index (χ4n) is 3.74. The van der Waals surface area contributed by atoms with E-state index in [9.17, 15) is 9.59 Å². The molecule has 0 saturated carbocycles. The maximum absolute atomic E-state index is 12.9. The van der Waals surface area contributed by atoms with Gasteiger partial charge in [-0.2, -0.15) is 0 Å². The molecule has 1 N–H and O–H groups in total. The molecule has 1 heterocycles. The molecule has 148 valence electrons. The first-order valence-electron chi connectivity index (χ1n) is 9.53. The van der Waals surface area contributed by atoms with Gasteiger partial charge in [0.2, 0.25) is 5.91 Å². The zero-order valence-corrected chi connectivity index (χ0v) is 16.8. The predicted molar refractivity (Wildman–Crippen MR) is 114 cm³/mol. The number of carbonyl (C=O) groups excluding carboxylic acids is 2. The number of hydrogen-bond acceptors (Lipinski definition) is 3. The van der Waals surface area contributed by atoms with Crippen molar-refractivity contribution in [2.75, 3.05) is 18.1 Å². The Morgan fingerprint density at radius 3 is 2.69 bits per heavy atom. The summed E-state index contributed by atoms with van der Waals surface area (Å²) in [5, 5.41) is 5.41. The Labute approximate surface area is 174 Å². The molecule has 29 heavy (non-hydrogen) atoms. The molecule has 4 rings (SSSR count). The molecular formula is C23H21ClN2O3. The Morgan fingerprint density at radius 1 is 1.10 bits per heavy atom. The van der Waals surface area contributed by atoms with Crippen LogP contribution >= 0.6 is 11.6 Å². The molecule has 0 spiro atoms. The van der Waals surface area contributed by atoms with Crippen LogP contribution in [0.1, 0.15) is 24.9 Å². The topological polar surface area (TPSA) is 58.6 Å². The van der Waals surface area contributed by atoms with Gasteiger partial charge in [-0.25, -0.2) is 0 Å². The normalized spacial score (nSPS) is 15.4. The van der Waals surface area contributed by atoms with Crippen molar-refractivity contribution in [3.8, 4) is 5.75 Å². The van der Waals surface area contributed by atoms with E-state index in [0.717, 1.165) is 22.1 Å². The molecule has 1 aliphatic rings. The summed E-state index contributed by atoms with van der Waals surface area (Å²) in [5.74, 6) is 0.397. The van der Waals surface area contributed by atoms with Crippen molar-refractivity contribution in [1.82, 2.24) is 5.32 Å². The molecule has 0 fully saturated rings. The maximum atomic E-state index is 12.9. The highest BCUT2D eigenvalue weighted by Gasteiger charge is 2.38. The Hall–Kier alpha value is -3.05. The molecule has 5 nitrogen and oxygen atoms in total. The smallest absolute Gasteiger partial charge is 0.254 e. The highest BCUT2D eigenvalue weighted by molar-refractivity contribution is 6.34. The summed E-state index contributed by atoms with van der Waals surface area (Å²) < 4.78 is 5.98. The van der Waals surface area contributed by atoms with Crippen LogP contribution in [-0.2, 0) is 9.59 Å². The van der Waals surface area contributed by atoms with Crippen LogP contribution in [0.2, 0.25) is 5.02 Å². The highest BCUT2D eigenvalue weighted by Crippen LogP contribution is 2.41. The molecule has 2 amide bonds. The first-order valence-corrected chi connectivity index (χ1v) is 9.91. The van der Waals surface area contributed by atoms with Gasteiger partial charge in [0.1, 0.15) is 11.8 Å². The van der Waals surface area contributed by atoms with E-state index in [1.54, 1.807) is 17.0 Å². The van der Waals surface area contributed by atoms with Gasteiger partial charge in [0.05, 0.1) is 17.3 Å². The number of nitrogens with one attached hydrogen (secondary N) is 1. The lowest BCUT2D eigenvalue weighted by molar-refractivity contribution is -0.126. The number of rotatable bonds is 6. The third-order valence-electron chi connectivity index (χ3n) is 4.99. The minimum atomic E-state index is -0.694. The summed E-state index contributed by atoms with van der Waals surface area (Å²) in [4.78, 5) is 26.1. The molecule has 0 radical (unpaired) electrons. The quantitative estimate of drug-likeness (QED) is 0.611. The van der Waals surface area contributed by atoms with Crippen LogP contribution in [0, 0.1) is 0 Å². The first-order chi connectivity index (χ1) is 14.1. The molecule has 1 unspecified atom stereocenters. The standard InChI is InChI=1S/C23H21ClN2O3/c1-15(27)25-21-18-10-5-11-19(24)22(18)26(23(21)28)13-6-14-29-20-12-4-8-16-7-2-3-9-17(16)20/h2-5,7-12,21H,6,13-14H2,1H3,(H,25,27). The van der Waals surface area contributed by atoms with Crippen molar-refractivity contribution in [3.05, 3.63) is 71.2 Å². The third kappa shape index (κ3) is 3.78. The Balaban J connectivity index is 1.46. The van der Waals surface area contributed by atoms with Gasteiger partial charge < -0.3 is 15.0 Å². The second-order valence-electron chi connectivity index (χ2n) is 6.98. The minimum absolute atomic E-state index is 0.173. The molecule has 0 saturated heterocycles. The number of hydrogen-bond donors (Lipinski definition) is 1. The average molecular weight is 409 g/mol. The molecular weight excluding hydrogens is 388 g/mol. The van der Waals surface area contributed by atoms with Gasteiger partial charge in [-0.15, -0.1) is 0 Å². The second kappa shape index (κ2) is 8.13. The van der Waals surface area contributed by atoms with Gasteiger partial charge in [-0.3, -0.25) is 9.59 Å². The summed E-state index contributed by atoms with van der Waals surface area (Å²) in [7, 11) is 0. The largest absolute Gasteiger partial charge is 0.493 e. The van der Waals surface area contributed by atoms with E-state index in [0.29, 0.717) is 30.3 Å². The number of fused-ring (bicyclic) bond motifs is 2. The van der Waals surface area contributed by atoms with Crippen LogP contribution in [0.5, 0.6) is 5.75 Å². The van der Waals surface area contributed by atoms with Gasteiger partial charge in [-0.05, 0) is 23.9 Å². The van der Waals surface area contributed by atoms with Crippen molar-refractivity contribution in [2.24, 2.45) is 0 Å². The van der Waals surface area contributed by atoms with Crippen molar-refractivity contribution in [3.63, 3.8) is 0 Å². The molecule has 0 bridgehead atoms. The SMILES string of the molecule is CC(=O)NC1C(=O)N(CCCOc2cccc3ccccc23)c2c(Cl)cccc21. The summed E-state index contributed by atoms with van der Waals surface area (Å²) in [5.41, 5.74) is 1.40. The van der Waals surface area contributed by atoms with E-state index in [-0.39, 0.29) is 11.8 Å². The van der Waals surface area contributed by atoms with Gasteiger partial charge in [0, 0.05) is 24.4 Å². The van der Waals surface area contributed by atoms with E-state index >= 15 is 0 Å². The van der Waals surface area contributed by atoms with E-state index in [1.165, 1.54) is 6.92 Å². The molecule has 3 aromatic carbocycles. The Kier molecular flexibility index (Phi) is 5.41. The van der Waals surface area contributed by atoms with Crippen molar-refractivity contribution in [1.29, 1.82) is 0 Å². The van der Waals surface area contributed by atoms with Crippen molar-refractivity contribution in [2.45, 2.75) is 19.4 Å². The van der Waals surface area contributed by atoms with Gasteiger partial charge in [0.25, 0.3) is 5.91 Å². The summed E-state index contributed by atoms with van der Waals surface area (Å²) >= 11 is 6.37. The lowest BCUT2D eigenvalue weighted by atomic mass is 10.1. The highest BCUT2D eigenvalue weighted by atomic mass is 35.5. The van der Waals surface area contributed by atoms with Gasteiger partial charge in [-0.1, -0.05) is 60.1 Å². The van der Waals surface area contributed by atoms with Crippen LogP contribution in [0.25, 0.3) is 10.8 Å². The minimum Gasteiger partial charge on any atom is -0.493 e. The number of halogens is 1.